The summed E-state index contributed by atoms with van der Waals surface area (Å²) in [5, 5.41) is 0. The maximum absolute atomic E-state index is 13.8. The SMILES string of the molecule is CC(C)(C)OC(=O)N1CCC(c2ccc3c(c2)N(C(=O)OC(C)(C)C)c2nccc(N4CCOCC4)c2CO3)CC1. The molecule has 41 heavy (non-hydrogen) atoms. The molecule has 0 N–H and O–H groups in total. The molecule has 2 amide bonds. The highest BCUT2D eigenvalue weighted by atomic mass is 16.6. The maximum Gasteiger partial charge on any atom is 0.420 e. The molecule has 3 aliphatic rings. The van der Waals surface area contributed by atoms with Crippen molar-refractivity contribution in [1.29, 1.82) is 0 Å². The second kappa shape index (κ2) is 11.4. The number of ether oxygens (including phenoxy) is 4. The molecule has 0 atom stereocenters. The van der Waals surface area contributed by atoms with Gasteiger partial charge in [0.25, 0.3) is 0 Å². The number of aromatic nitrogens is 1. The number of amides is 2. The Hall–Kier alpha value is -3.53. The molecule has 4 heterocycles. The monoisotopic (exact) mass is 566 g/mol. The molecule has 0 radical (unpaired) electrons. The number of morpholine rings is 1. The Bertz CT molecular complexity index is 1270. The Morgan fingerprint density at radius 1 is 0.878 bits per heavy atom. The van der Waals surface area contributed by atoms with Crippen LogP contribution in [0.1, 0.15) is 71.4 Å². The highest BCUT2D eigenvalue weighted by Gasteiger charge is 2.35. The van der Waals surface area contributed by atoms with Gasteiger partial charge in [-0.3, -0.25) is 0 Å². The number of carbonyl (C=O) groups is 2. The predicted octanol–water partition coefficient (Wildman–Crippen LogP) is 6.00. The van der Waals surface area contributed by atoms with Crippen molar-refractivity contribution in [3.8, 4) is 5.75 Å². The van der Waals surface area contributed by atoms with Gasteiger partial charge < -0.3 is 28.7 Å². The summed E-state index contributed by atoms with van der Waals surface area (Å²) in [5.41, 5.74) is 2.29. The Balaban J connectivity index is 1.47. The molecule has 222 valence electrons. The van der Waals surface area contributed by atoms with E-state index in [4.69, 9.17) is 23.9 Å². The van der Waals surface area contributed by atoms with E-state index in [0.29, 0.717) is 43.6 Å². The minimum Gasteiger partial charge on any atom is -0.486 e. The van der Waals surface area contributed by atoms with Gasteiger partial charge in [0.2, 0.25) is 0 Å². The summed E-state index contributed by atoms with van der Waals surface area (Å²) < 4.78 is 23.4. The van der Waals surface area contributed by atoms with Crippen molar-refractivity contribution < 1.29 is 28.5 Å². The lowest BCUT2D eigenvalue weighted by atomic mass is 9.89. The van der Waals surface area contributed by atoms with Crippen molar-refractivity contribution in [3.05, 3.63) is 41.6 Å². The lowest BCUT2D eigenvalue weighted by molar-refractivity contribution is 0.0204. The molecule has 0 spiro atoms. The van der Waals surface area contributed by atoms with Crippen LogP contribution >= 0.6 is 0 Å². The third-order valence-corrected chi connectivity index (χ3v) is 7.36. The number of hydrogen-bond donors (Lipinski definition) is 0. The molecule has 0 saturated carbocycles. The van der Waals surface area contributed by atoms with Crippen molar-refractivity contribution in [2.75, 3.05) is 49.2 Å². The Morgan fingerprint density at radius 2 is 1.54 bits per heavy atom. The normalized spacial score (nSPS) is 18.1. The second-order valence-electron chi connectivity index (χ2n) is 12.8. The summed E-state index contributed by atoms with van der Waals surface area (Å²) in [6.07, 6.45) is 2.54. The quantitative estimate of drug-likeness (QED) is 0.437. The highest BCUT2D eigenvalue weighted by Crippen LogP contribution is 2.44. The first-order valence-electron chi connectivity index (χ1n) is 14.5. The van der Waals surface area contributed by atoms with Gasteiger partial charge in [-0.1, -0.05) is 6.07 Å². The first-order valence-corrected chi connectivity index (χ1v) is 14.5. The molecular formula is C31H42N4O6. The van der Waals surface area contributed by atoms with Gasteiger partial charge in [-0.05, 0) is 84.1 Å². The minimum atomic E-state index is -0.696. The van der Waals surface area contributed by atoms with E-state index in [9.17, 15) is 9.59 Å². The number of fused-ring (bicyclic) bond motifs is 2. The van der Waals surface area contributed by atoms with Gasteiger partial charge in [0.15, 0.2) is 5.82 Å². The number of piperidine rings is 1. The molecule has 0 aliphatic carbocycles. The summed E-state index contributed by atoms with van der Waals surface area (Å²) in [5.74, 6) is 1.32. The van der Waals surface area contributed by atoms with E-state index in [1.165, 1.54) is 0 Å². The molecule has 10 nitrogen and oxygen atoms in total. The molecule has 10 heteroatoms. The predicted molar refractivity (Wildman–Crippen MR) is 156 cm³/mol. The van der Waals surface area contributed by atoms with Gasteiger partial charge in [-0.2, -0.15) is 0 Å². The van der Waals surface area contributed by atoms with Crippen molar-refractivity contribution in [1.82, 2.24) is 9.88 Å². The van der Waals surface area contributed by atoms with Crippen molar-refractivity contribution in [3.63, 3.8) is 0 Å². The number of carbonyl (C=O) groups excluding carboxylic acids is 2. The summed E-state index contributed by atoms with van der Waals surface area (Å²) in [6, 6.07) is 7.99. The second-order valence-corrected chi connectivity index (χ2v) is 12.8. The van der Waals surface area contributed by atoms with Crippen LogP contribution in [0.25, 0.3) is 0 Å². The van der Waals surface area contributed by atoms with Gasteiger partial charge in [-0.25, -0.2) is 19.5 Å². The summed E-state index contributed by atoms with van der Waals surface area (Å²) in [6.45, 7) is 15.5. The number of rotatable bonds is 2. The van der Waals surface area contributed by atoms with E-state index < -0.39 is 17.3 Å². The van der Waals surface area contributed by atoms with E-state index in [-0.39, 0.29) is 18.6 Å². The lowest BCUT2D eigenvalue weighted by Crippen LogP contribution is -2.41. The van der Waals surface area contributed by atoms with Gasteiger partial charge >= 0.3 is 12.2 Å². The molecule has 5 rings (SSSR count). The zero-order valence-corrected chi connectivity index (χ0v) is 25.1. The first-order chi connectivity index (χ1) is 19.4. The molecule has 2 fully saturated rings. The van der Waals surface area contributed by atoms with Gasteiger partial charge in [0.05, 0.1) is 24.5 Å². The number of pyridine rings is 1. The fraction of sp³-hybridized carbons (Fsp3) is 0.581. The van der Waals surface area contributed by atoms with Crippen molar-refractivity contribution in [2.24, 2.45) is 0 Å². The van der Waals surface area contributed by atoms with Crippen LogP contribution < -0.4 is 14.5 Å². The third-order valence-electron chi connectivity index (χ3n) is 7.36. The van der Waals surface area contributed by atoms with Crippen LogP contribution in [0.4, 0.5) is 26.8 Å². The van der Waals surface area contributed by atoms with E-state index >= 15 is 0 Å². The fourth-order valence-electron chi connectivity index (χ4n) is 5.47. The molecule has 2 saturated heterocycles. The lowest BCUT2D eigenvalue weighted by Gasteiger charge is -2.34. The third kappa shape index (κ3) is 6.69. The van der Waals surface area contributed by atoms with Gasteiger partial charge in [0, 0.05) is 38.1 Å². The van der Waals surface area contributed by atoms with Gasteiger partial charge in [0.1, 0.15) is 23.6 Å². The zero-order chi connectivity index (χ0) is 29.4. The van der Waals surface area contributed by atoms with Crippen LogP contribution in [0.15, 0.2) is 30.5 Å². The Labute approximate surface area is 242 Å². The summed E-state index contributed by atoms with van der Waals surface area (Å²) in [7, 11) is 0. The fourth-order valence-corrected chi connectivity index (χ4v) is 5.47. The summed E-state index contributed by atoms with van der Waals surface area (Å²) in [4.78, 5) is 36.7. The topological polar surface area (TPSA) is 93.7 Å². The van der Waals surface area contributed by atoms with Crippen molar-refractivity contribution >= 4 is 29.4 Å². The van der Waals surface area contributed by atoms with Crippen LogP contribution in [0.5, 0.6) is 5.75 Å². The van der Waals surface area contributed by atoms with Gasteiger partial charge in [-0.15, -0.1) is 0 Å². The van der Waals surface area contributed by atoms with E-state index in [1.807, 2.05) is 59.7 Å². The Kier molecular flexibility index (Phi) is 8.05. The number of benzene rings is 1. The average molecular weight is 567 g/mol. The molecule has 3 aliphatic heterocycles. The maximum atomic E-state index is 13.8. The largest absolute Gasteiger partial charge is 0.486 e. The van der Waals surface area contributed by atoms with Crippen LogP contribution in [0, 0.1) is 0 Å². The molecular weight excluding hydrogens is 524 g/mol. The molecule has 1 aromatic carbocycles. The van der Waals surface area contributed by atoms with Crippen LogP contribution in [0.3, 0.4) is 0 Å². The average Bonchev–Trinajstić information content (AvgIpc) is 3.08. The Morgan fingerprint density at radius 3 is 2.20 bits per heavy atom. The molecule has 1 aromatic heterocycles. The van der Waals surface area contributed by atoms with Crippen molar-refractivity contribution in [2.45, 2.75) is 78.1 Å². The number of anilines is 3. The number of nitrogens with zero attached hydrogens (tertiary/aromatic N) is 4. The van der Waals surface area contributed by atoms with Crippen LogP contribution in [-0.4, -0.2) is 72.7 Å². The zero-order valence-electron chi connectivity index (χ0n) is 25.1. The smallest absolute Gasteiger partial charge is 0.420 e. The van der Waals surface area contributed by atoms with Crippen LogP contribution in [0.2, 0.25) is 0 Å². The number of hydrogen-bond acceptors (Lipinski definition) is 8. The van der Waals surface area contributed by atoms with E-state index in [1.54, 1.807) is 16.0 Å². The van der Waals surface area contributed by atoms with Crippen LogP contribution in [-0.2, 0) is 20.8 Å². The highest BCUT2D eigenvalue weighted by molar-refractivity contribution is 5.99. The standard InChI is InChI=1S/C31H42N4O6/c1-30(2,3)40-28(36)34-13-10-21(11-14-34)22-7-8-26-25(19-22)35(29(37)41-31(4,5)6)27-23(20-39-26)24(9-12-32-27)33-15-17-38-18-16-33/h7-9,12,19,21H,10-11,13-18,20H2,1-6H3. The first kappa shape index (κ1) is 29.0. The molecule has 0 bridgehead atoms. The summed E-state index contributed by atoms with van der Waals surface area (Å²) >= 11 is 0. The van der Waals surface area contributed by atoms with E-state index in [0.717, 1.165) is 42.7 Å². The molecule has 0 unspecified atom stereocenters. The van der Waals surface area contributed by atoms with E-state index in [2.05, 4.69) is 11.0 Å². The number of likely N-dealkylation sites (tertiary alicyclic amines) is 1. The minimum absolute atomic E-state index is 0.217. The molecule has 2 aromatic rings.